The molecule has 0 fully saturated rings. The molecule has 0 amide bonds. The number of nitriles is 1. The average Bonchev–Trinajstić information content (AvgIpc) is 1.55. The number of hydrogen-bond acceptors (Lipinski definition) is 4. The SMILES string of the molecule is CC(C)(C)c1cc(-c2nc(-c3cc(C(C)(C)C)cc(C(C)(C)C)c3)nc(-c3ccc(-n4c5ccccc5c5cc(-n6c7ccccc7c7ccccc76)ccc54)c(-c4cc(-c5cccc(C#N)c5)ccc4-n4c5ccccc5c5cc(-n6c7ccccc7c7ccccc76)ccc54)c3)n2)cc(C(C)(C)C)c1. The third kappa shape index (κ3) is 11.0. The molecule has 0 saturated heterocycles. The topological polar surface area (TPSA) is 82.2 Å². The first kappa shape index (κ1) is 65.6. The van der Waals surface area contributed by atoms with Crippen molar-refractivity contribution in [3.05, 3.63) is 307 Å². The molecule has 0 saturated carbocycles. The van der Waals surface area contributed by atoms with Crippen LogP contribution in [0.25, 0.3) is 166 Å². The van der Waals surface area contributed by atoms with Gasteiger partial charge in [-0.3, -0.25) is 0 Å². The molecule has 0 radical (unpaired) electrons. The predicted molar refractivity (Wildman–Crippen MR) is 444 cm³/mol. The molecule has 5 heterocycles. The van der Waals surface area contributed by atoms with Crippen LogP contribution < -0.4 is 0 Å². The smallest absolute Gasteiger partial charge is 0.164 e. The summed E-state index contributed by atoms with van der Waals surface area (Å²) in [6, 6.07) is 105. The van der Waals surface area contributed by atoms with Crippen molar-refractivity contribution in [2.24, 2.45) is 0 Å². The van der Waals surface area contributed by atoms with Crippen molar-refractivity contribution >= 4 is 87.2 Å². The molecule has 13 aromatic carbocycles. The fourth-order valence-electron chi connectivity index (χ4n) is 16.1. The molecule has 18 rings (SSSR count). The highest BCUT2D eigenvalue weighted by Gasteiger charge is 2.29. The van der Waals surface area contributed by atoms with E-state index in [2.05, 4.69) is 368 Å². The molecule has 18 aromatic rings. The van der Waals surface area contributed by atoms with Crippen molar-refractivity contribution in [2.45, 2.75) is 105 Å². The van der Waals surface area contributed by atoms with E-state index in [0.717, 1.165) is 127 Å². The maximum atomic E-state index is 10.5. The monoisotopic (exact) mass is 1370 g/mol. The third-order valence-electron chi connectivity index (χ3n) is 21.8. The van der Waals surface area contributed by atoms with Crippen LogP contribution in [0.1, 0.15) is 111 Å². The van der Waals surface area contributed by atoms with Gasteiger partial charge in [0.25, 0.3) is 0 Å². The van der Waals surface area contributed by atoms with E-state index in [4.69, 9.17) is 15.0 Å². The van der Waals surface area contributed by atoms with Gasteiger partial charge < -0.3 is 18.3 Å². The van der Waals surface area contributed by atoms with Crippen molar-refractivity contribution in [3.8, 4) is 85.2 Å². The summed E-state index contributed by atoms with van der Waals surface area (Å²) < 4.78 is 9.76. The normalized spacial score (nSPS) is 12.5. The second kappa shape index (κ2) is 24.3. The van der Waals surface area contributed by atoms with Crippen molar-refractivity contribution in [1.29, 1.82) is 5.26 Å². The molecular formula is C98H82N8. The highest BCUT2D eigenvalue weighted by Crippen LogP contribution is 2.47. The van der Waals surface area contributed by atoms with Crippen LogP contribution in [-0.4, -0.2) is 33.2 Å². The summed E-state index contributed by atoms with van der Waals surface area (Å²) in [5.41, 5.74) is 24.2. The lowest BCUT2D eigenvalue weighted by Crippen LogP contribution is -2.17. The molecule has 0 N–H and O–H groups in total. The van der Waals surface area contributed by atoms with Crippen molar-refractivity contribution in [3.63, 3.8) is 0 Å². The zero-order chi connectivity index (χ0) is 72.9. The third-order valence-corrected chi connectivity index (χ3v) is 21.8. The van der Waals surface area contributed by atoms with Gasteiger partial charge in [-0.25, -0.2) is 15.0 Å². The van der Waals surface area contributed by atoms with Gasteiger partial charge in [0.05, 0.1) is 67.1 Å². The molecule has 0 aliphatic rings. The number of para-hydroxylation sites is 6. The van der Waals surface area contributed by atoms with Gasteiger partial charge >= 0.3 is 0 Å². The Hall–Kier alpha value is -12.4. The van der Waals surface area contributed by atoms with Crippen molar-refractivity contribution in [1.82, 2.24) is 33.2 Å². The van der Waals surface area contributed by atoms with Gasteiger partial charge in [-0.15, -0.1) is 0 Å². The molecular weight excluding hydrogens is 1290 g/mol. The van der Waals surface area contributed by atoms with E-state index in [0.29, 0.717) is 23.0 Å². The zero-order valence-electron chi connectivity index (χ0n) is 62.1. The summed E-state index contributed by atoms with van der Waals surface area (Å²) in [6.07, 6.45) is 0. The molecule has 8 nitrogen and oxygen atoms in total. The Morgan fingerprint density at radius 2 is 0.547 bits per heavy atom. The Kier molecular flexibility index (Phi) is 15.1. The van der Waals surface area contributed by atoms with Crippen LogP contribution in [0.2, 0.25) is 0 Å². The number of fused-ring (bicyclic) bond motifs is 12. The maximum Gasteiger partial charge on any atom is 0.164 e. The molecule has 0 aliphatic heterocycles. The standard InChI is InChI=1S/C98H82N8/c1-95(2,3)66-49-64(50-67(55-66)96(4,5)6)93-100-92(101-94(102-93)65-51-68(97(7,8)9)56-69(52-65)98(10,11)12)63-41-45-89(106-87-39-24-18-33-77(87)81-58-71(43-47-91(81)106)104-84-36-21-15-30-74(84)75-31-16-22-37-85(75)104)79(54-63)78-53-62(61-27-25-26-60(48-61)59-99)40-44-88(78)105-86-38-23-17-32-76(86)80-57-70(42-46-90(80)105)103-82-34-19-13-28-72(82)73-29-14-20-35-83(73)103/h13-58H,1-12H3. The lowest BCUT2D eigenvalue weighted by atomic mass is 9.79. The molecule has 0 unspecified atom stereocenters. The lowest BCUT2D eigenvalue weighted by molar-refractivity contribution is 0.568. The second-order valence-corrected chi connectivity index (χ2v) is 32.9. The summed E-state index contributed by atoms with van der Waals surface area (Å²) in [5.74, 6) is 1.76. The first-order valence-corrected chi connectivity index (χ1v) is 37.0. The van der Waals surface area contributed by atoms with Crippen LogP contribution in [-0.2, 0) is 21.7 Å². The van der Waals surface area contributed by atoms with Crippen LogP contribution in [0.15, 0.2) is 279 Å². The Labute approximate surface area is 618 Å². The Balaban J connectivity index is 0.950. The highest BCUT2D eigenvalue weighted by molar-refractivity contribution is 6.15. The maximum absolute atomic E-state index is 10.5. The zero-order valence-corrected chi connectivity index (χ0v) is 62.1. The number of benzene rings is 13. The minimum atomic E-state index is -0.172. The largest absolute Gasteiger partial charge is 0.309 e. The van der Waals surface area contributed by atoms with Crippen LogP contribution in [0.4, 0.5) is 0 Å². The van der Waals surface area contributed by atoms with Gasteiger partial charge in [0.2, 0.25) is 0 Å². The van der Waals surface area contributed by atoms with E-state index >= 15 is 0 Å². The van der Waals surface area contributed by atoms with Crippen molar-refractivity contribution < 1.29 is 0 Å². The van der Waals surface area contributed by atoms with Gasteiger partial charge in [-0.05, 0) is 195 Å². The fourth-order valence-corrected chi connectivity index (χ4v) is 16.1. The summed E-state index contributed by atoms with van der Waals surface area (Å²) in [6.45, 7) is 27.4. The molecule has 0 bridgehead atoms. The molecule has 106 heavy (non-hydrogen) atoms. The van der Waals surface area contributed by atoms with E-state index in [1.807, 2.05) is 18.2 Å². The van der Waals surface area contributed by atoms with E-state index < -0.39 is 0 Å². The first-order valence-electron chi connectivity index (χ1n) is 37.0. The van der Waals surface area contributed by atoms with Gasteiger partial charge in [0, 0.05) is 82.3 Å². The number of hydrogen-bond donors (Lipinski definition) is 0. The Morgan fingerprint density at radius 1 is 0.245 bits per heavy atom. The van der Waals surface area contributed by atoms with E-state index in [1.165, 1.54) is 43.8 Å². The Morgan fingerprint density at radius 3 is 0.906 bits per heavy atom. The highest BCUT2D eigenvalue weighted by atomic mass is 15.0. The fraction of sp³-hybridized carbons (Fsp3) is 0.163. The second-order valence-electron chi connectivity index (χ2n) is 32.9. The van der Waals surface area contributed by atoms with Crippen molar-refractivity contribution in [2.75, 3.05) is 0 Å². The van der Waals surface area contributed by atoms with Crippen LogP contribution >= 0.6 is 0 Å². The lowest BCUT2D eigenvalue weighted by Gasteiger charge is -2.26. The van der Waals surface area contributed by atoms with Crippen LogP contribution in [0, 0.1) is 11.3 Å². The number of nitrogens with zero attached hydrogens (tertiary/aromatic N) is 8. The molecule has 514 valence electrons. The molecule has 0 atom stereocenters. The van der Waals surface area contributed by atoms with Gasteiger partial charge in [0.15, 0.2) is 17.5 Å². The molecule has 8 heteroatoms. The molecule has 0 aliphatic carbocycles. The quantitative estimate of drug-likeness (QED) is 0.144. The van der Waals surface area contributed by atoms with Crippen LogP contribution in [0.5, 0.6) is 0 Å². The average molecular weight is 1370 g/mol. The van der Waals surface area contributed by atoms with Gasteiger partial charge in [-0.1, -0.05) is 223 Å². The summed E-state index contributed by atoms with van der Waals surface area (Å²) in [5, 5.41) is 19.9. The van der Waals surface area contributed by atoms with Gasteiger partial charge in [0.1, 0.15) is 0 Å². The summed E-state index contributed by atoms with van der Waals surface area (Å²) >= 11 is 0. The first-order chi connectivity index (χ1) is 51.0. The minimum Gasteiger partial charge on any atom is -0.309 e. The summed E-state index contributed by atoms with van der Waals surface area (Å²) in [4.78, 5) is 17.1. The predicted octanol–water partition coefficient (Wildman–Crippen LogP) is 25.7. The van der Waals surface area contributed by atoms with Gasteiger partial charge in [-0.2, -0.15) is 5.26 Å². The molecule has 5 aromatic heterocycles. The number of rotatable bonds is 9. The Bertz CT molecular complexity index is 6440. The van der Waals surface area contributed by atoms with Crippen LogP contribution in [0.3, 0.4) is 0 Å². The minimum absolute atomic E-state index is 0.172. The van der Waals surface area contributed by atoms with E-state index in [-0.39, 0.29) is 21.7 Å². The number of aromatic nitrogens is 7. The summed E-state index contributed by atoms with van der Waals surface area (Å²) in [7, 11) is 0. The molecule has 0 spiro atoms. The van der Waals surface area contributed by atoms with E-state index in [1.54, 1.807) is 0 Å². The van der Waals surface area contributed by atoms with E-state index in [9.17, 15) is 5.26 Å².